The summed E-state index contributed by atoms with van der Waals surface area (Å²) in [7, 11) is 4.54. The second-order valence-electron chi connectivity index (χ2n) is 16.7. The summed E-state index contributed by atoms with van der Waals surface area (Å²) >= 11 is 0. The molecule has 0 rings (SSSR count). The van der Waals surface area contributed by atoms with Crippen LogP contribution in [0.3, 0.4) is 0 Å². The van der Waals surface area contributed by atoms with E-state index in [0.717, 1.165) is 43.6 Å². The SMILES string of the molecule is CCCC/C=C\CCCCCCCCCCOCC(C[N+](C)(C)CCOCCOCCOCCOCCOCCO)OCCCCCCCCCC/C=C\CCCC. The first kappa shape index (κ1) is 57.1. The van der Waals surface area contributed by atoms with Crippen LogP contribution in [0.15, 0.2) is 24.3 Å². The standard InChI is InChI=1S/C49H98NO8/c1-5-7-9-11-13-15-17-19-21-23-25-27-29-31-35-57-48-49(58-36-32-30-28-26-24-22-20-18-16-14-12-10-8-6-2)47-50(3,4)33-37-52-39-41-54-43-45-56-46-44-55-42-40-53-38-34-51/h11-14,49,51H,5-10,15-48H2,1-4H3/q+1/b13-11-,14-12-. The van der Waals surface area contributed by atoms with Crippen molar-refractivity contribution < 1.29 is 42.7 Å². The number of allylic oxidation sites excluding steroid dienone is 4. The zero-order valence-corrected chi connectivity index (χ0v) is 38.9. The Hall–Kier alpha value is -0.880. The molecule has 0 spiro atoms. The molecule has 0 aliphatic heterocycles. The van der Waals surface area contributed by atoms with Crippen molar-refractivity contribution in [3.05, 3.63) is 24.3 Å². The van der Waals surface area contributed by atoms with E-state index in [1.54, 1.807) is 0 Å². The monoisotopic (exact) mass is 829 g/mol. The second kappa shape index (κ2) is 48.8. The van der Waals surface area contributed by atoms with Gasteiger partial charge in [-0.25, -0.2) is 0 Å². The van der Waals surface area contributed by atoms with E-state index in [1.165, 1.54) is 141 Å². The quantitative estimate of drug-likeness (QED) is 0.0369. The lowest BCUT2D eigenvalue weighted by atomic mass is 10.1. The number of likely N-dealkylation sites (N-methyl/N-ethyl adjacent to an activating group) is 1. The number of aliphatic hydroxyl groups excluding tert-OH is 1. The van der Waals surface area contributed by atoms with Gasteiger partial charge in [-0.3, -0.25) is 0 Å². The van der Waals surface area contributed by atoms with Crippen LogP contribution < -0.4 is 0 Å². The van der Waals surface area contributed by atoms with Gasteiger partial charge >= 0.3 is 0 Å². The van der Waals surface area contributed by atoms with Gasteiger partial charge in [-0.05, 0) is 51.4 Å². The smallest absolute Gasteiger partial charge is 0.130 e. The Balaban J connectivity index is 4.22. The molecule has 0 aliphatic rings. The van der Waals surface area contributed by atoms with Gasteiger partial charge in [-0.2, -0.15) is 0 Å². The van der Waals surface area contributed by atoms with Crippen LogP contribution >= 0.6 is 0 Å². The van der Waals surface area contributed by atoms with E-state index in [0.29, 0.717) is 72.7 Å². The average Bonchev–Trinajstić information content (AvgIpc) is 3.21. The van der Waals surface area contributed by atoms with Crippen molar-refractivity contribution >= 4 is 0 Å². The summed E-state index contributed by atoms with van der Waals surface area (Å²) in [4.78, 5) is 0. The summed E-state index contributed by atoms with van der Waals surface area (Å²) in [5, 5.41) is 8.69. The molecule has 0 radical (unpaired) electrons. The zero-order valence-electron chi connectivity index (χ0n) is 38.9. The van der Waals surface area contributed by atoms with Gasteiger partial charge in [0.05, 0.1) is 93.4 Å². The maximum atomic E-state index is 8.69. The Morgan fingerprint density at radius 2 is 0.759 bits per heavy atom. The Morgan fingerprint density at radius 1 is 0.397 bits per heavy atom. The molecule has 1 atom stereocenters. The molecule has 0 amide bonds. The van der Waals surface area contributed by atoms with Crippen LogP contribution in [0.25, 0.3) is 0 Å². The average molecular weight is 829 g/mol. The van der Waals surface area contributed by atoms with Crippen LogP contribution in [-0.2, 0) is 33.2 Å². The Bertz CT molecular complexity index is 827. The van der Waals surface area contributed by atoms with Gasteiger partial charge < -0.3 is 42.7 Å². The van der Waals surface area contributed by atoms with Gasteiger partial charge in [0.2, 0.25) is 0 Å². The van der Waals surface area contributed by atoms with Crippen LogP contribution in [0.5, 0.6) is 0 Å². The van der Waals surface area contributed by atoms with E-state index in [-0.39, 0.29) is 12.7 Å². The van der Waals surface area contributed by atoms with E-state index < -0.39 is 0 Å². The number of hydrogen-bond donors (Lipinski definition) is 1. The molecule has 0 aromatic heterocycles. The summed E-state index contributed by atoms with van der Waals surface area (Å²) in [5.74, 6) is 0. The van der Waals surface area contributed by atoms with Crippen LogP contribution in [0.1, 0.15) is 168 Å². The molecule has 9 nitrogen and oxygen atoms in total. The highest BCUT2D eigenvalue weighted by molar-refractivity contribution is 4.81. The van der Waals surface area contributed by atoms with E-state index >= 15 is 0 Å². The number of unbranched alkanes of at least 4 members (excludes halogenated alkanes) is 20. The molecule has 0 heterocycles. The lowest BCUT2D eigenvalue weighted by molar-refractivity contribution is -0.894. The molecular formula is C49H98NO8+. The predicted molar refractivity (Wildman–Crippen MR) is 244 cm³/mol. The Labute approximate surface area is 359 Å². The minimum atomic E-state index is 0.0362. The first-order valence-corrected chi connectivity index (χ1v) is 24.4. The molecule has 1 N–H and O–H groups in total. The molecule has 1 unspecified atom stereocenters. The van der Waals surface area contributed by atoms with Crippen molar-refractivity contribution in [3.63, 3.8) is 0 Å². The fourth-order valence-electron chi connectivity index (χ4n) is 6.69. The fourth-order valence-corrected chi connectivity index (χ4v) is 6.69. The van der Waals surface area contributed by atoms with Crippen LogP contribution in [0.4, 0.5) is 0 Å². The van der Waals surface area contributed by atoms with Gasteiger partial charge in [0.15, 0.2) is 0 Å². The molecule has 0 aromatic rings. The van der Waals surface area contributed by atoms with E-state index in [1.807, 2.05) is 0 Å². The third-order valence-corrected chi connectivity index (χ3v) is 10.4. The van der Waals surface area contributed by atoms with Crippen LogP contribution in [-0.4, -0.2) is 135 Å². The molecule has 346 valence electrons. The molecule has 0 aromatic carbocycles. The van der Waals surface area contributed by atoms with Crippen molar-refractivity contribution in [1.29, 1.82) is 0 Å². The van der Waals surface area contributed by atoms with Crippen molar-refractivity contribution in [3.8, 4) is 0 Å². The summed E-state index contributed by atoms with van der Waals surface area (Å²) in [5.41, 5.74) is 0. The van der Waals surface area contributed by atoms with Crippen LogP contribution in [0.2, 0.25) is 0 Å². The lowest BCUT2D eigenvalue weighted by Gasteiger charge is -2.33. The summed E-state index contributed by atoms with van der Waals surface area (Å²) in [6.45, 7) is 14.0. The third kappa shape index (κ3) is 47.8. The fraction of sp³-hybridized carbons (Fsp3) is 0.918. The predicted octanol–water partition coefficient (Wildman–Crippen LogP) is 11.1. The van der Waals surface area contributed by atoms with Gasteiger partial charge in [-0.15, -0.1) is 0 Å². The Morgan fingerprint density at radius 3 is 1.19 bits per heavy atom. The minimum absolute atomic E-state index is 0.0362. The van der Waals surface area contributed by atoms with Crippen molar-refractivity contribution in [2.75, 3.05) is 120 Å². The van der Waals surface area contributed by atoms with Gasteiger partial charge in [0.1, 0.15) is 19.2 Å². The molecule has 0 bridgehead atoms. The molecule has 0 saturated heterocycles. The molecule has 0 saturated carbocycles. The largest absolute Gasteiger partial charge is 0.394 e. The number of nitrogens with zero attached hydrogens (tertiary/aromatic N) is 1. The number of rotatable bonds is 50. The summed E-state index contributed by atoms with van der Waals surface area (Å²) in [6.07, 6.45) is 40.9. The highest BCUT2D eigenvalue weighted by atomic mass is 16.6. The number of ether oxygens (including phenoxy) is 7. The van der Waals surface area contributed by atoms with Crippen molar-refractivity contribution in [1.82, 2.24) is 0 Å². The van der Waals surface area contributed by atoms with E-state index in [2.05, 4.69) is 52.2 Å². The molecule has 0 aliphatic carbocycles. The Kier molecular flexibility index (Phi) is 48.0. The highest BCUT2D eigenvalue weighted by Gasteiger charge is 2.23. The maximum Gasteiger partial charge on any atom is 0.130 e. The summed E-state index contributed by atoms with van der Waals surface area (Å²) in [6, 6.07) is 0. The molecule has 58 heavy (non-hydrogen) atoms. The number of quaternary nitrogens is 1. The normalized spacial score (nSPS) is 12.8. The van der Waals surface area contributed by atoms with Crippen molar-refractivity contribution in [2.24, 2.45) is 0 Å². The van der Waals surface area contributed by atoms with Crippen LogP contribution in [0, 0.1) is 0 Å². The number of hydrogen-bond acceptors (Lipinski definition) is 8. The first-order chi connectivity index (χ1) is 28.6. The first-order valence-electron chi connectivity index (χ1n) is 24.4. The molecule has 9 heteroatoms. The number of aliphatic hydroxyl groups is 1. The highest BCUT2D eigenvalue weighted by Crippen LogP contribution is 2.13. The van der Waals surface area contributed by atoms with Gasteiger partial charge in [-0.1, -0.05) is 141 Å². The second-order valence-corrected chi connectivity index (χ2v) is 16.7. The van der Waals surface area contributed by atoms with Crippen molar-refractivity contribution in [2.45, 2.75) is 174 Å². The van der Waals surface area contributed by atoms with E-state index in [9.17, 15) is 0 Å². The lowest BCUT2D eigenvalue weighted by Crippen LogP contribution is -2.49. The topological polar surface area (TPSA) is 84.8 Å². The zero-order chi connectivity index (χ0) is 42.1. The van der Waals surface area contributed by atoms with Gasteiger partial charge in [0, 0.05) is 13.2 Å². The molecule has 0 fully saturated rings. The molecular weight excluding hydrogens is 731 g/mol. The van der Waals surface area contributed by atoms with E-state index in [4.69, 9.17) is 38.3 Å². The maximum absolute atomic E-state index is 8.69. The van der Waals surface area contributed by atoms with Gasteiger partial charge in [0.25, 0.3) is 0 Å². The minimum Gasteiger partial charge on any atom is -0.394 e. The third-order valence-electron chi connectivity index (χ3n) is 10.4. The summed E-state index contributed by atoms with van der Waals surface area (Å²) < 4.78 is 41.3.